The Kier molecular flexibility index (Phi) is 5.76. The van der Waals surface area contributed by atoms with Crippen LogP contribution in [-0.2, 0) is 11.3 Å². The molecule has 0 spiro atoms. The zero-order chi connectivity index (χ0) is 13.1. The van der Waals surface area contributed by atoms with Crippen molar-refractivity contribution in [3.05, 3.63) is 35.6 Å². The molecule has 3 nitrogen and oxygen atoms in total. The van der Waals surface area contributed by atoms with Crippen molar-refractivity contribution < 1.29 is 9.18 Å². The molecule has 0 aliphatic heterocycles. The van der Waals surface area contributed by atoms with Crippen molar-refractivity contribution in [2.24, 2.45) is 5.73 Å². The summed E-state index contributed by atoms with van der Waals surface area (Å²) in [7, 11) is 0. The second-order valence-electron chi connectivity index (χ2n) is 4.84. The molecule has 0 aromatic heterocycles. The van der Waals surface area contributed by atoms with Crippen LogP contribution in [0.25, 0.3) is 0 Å². The maximum absolute atomic E-state index is 13.1. The highest BCUT2D eigenvalue weighted by Gasteiger charge is 2.34. The summed E-state index contributed by atoms with van der Waals surface area (Å²) in [5, 5.41) is 0. The fraction of sp³-hybridized carbons (Fsp3) is 0.500. The van der Waals surface area contributed by atoms with Gasteiger partial charge in [-0.3, -0.25) is 4.79 Å². The van der Waals surface area contributed by atoms with Crippen molar-refractivity contribution in [3.63, 3.8) is 0 Å². The zero-order valence-electron chi connectivity index (χ0n) is 11.0. The van der Waals surface area contributed by atoms with Crippen molar-refractivity contribution in [2.75, 3.05) is 0 Å². The lowest BCUT2D eigenvalue weighted by atomic mass is 10.1. The minimum absolute atomic E-state index is 0. The Morgan fingerprint density at radius 1 is 1.53 bits per heavy atom. The number of hydrogen-bond acceptors (Lipinski definition) is 2. The van der Waals surface area contributed by atoms with E-state index in [9.17, 15) is 9.18 Å². The Balaban J connectivity index is 0.00000180. The fourth-order valence-electron chi connectivity index (χ4n) is 1.99. The molecule has 1 aromatic rings. The minimum atomic E-state index is -0.445. The summed E-state index contributed by atoms with van der Waals surface area (Å²) in [6.45, 7) is 2.35. The number of hydrogen-bond donors (Lipinski definition) is 1. The lowest BCUT2D eigenvalue weighted by Crippen LogP contribution is -2.44. The number of rotatable bonds is 5. The molecular weight excluding hydrogens is 267 g/mol. The molecule has 1 fully saturated rings. The number of nitrogens with two attached hydrogens (primary N) is 1. The highest BCUT2D eigenvalue weighted by Crippen LogP contribution is 2.29. The lowest BCUT2D eigenvalue weighted by molar-refractivity contribution is -0.133. The topological polar surface area (TPSA) is 46.3 Å². The molecule has 19 heavy (non-hydrogen) atoms. The normalized spacial score (nSPS) is 15.5. The van der Waals surface area contributed by atoms with E-state index in [0.29, 0.717) is 19.0 Å². The van der Waals surface area contributed by atoms with E-state index in [1.807, 2.05) is 13.0 Å². The third-order valence-electron chi connectivity index (χ3n) is 3.27. The summed E-state index contributed by atoms with van der Waals surface area (Å²) in [4.78, 5) is 13.9. The fourth-order valence-corrected chi connectivity index (χ4v) is 1.99. The number of benzene rings is 1. The van der Waals surface area contributed by atoms with Crippen LogP contribution in [0, 0.1) is 5.82 Å². The van der Waals surface area contributed by atoms with Crippen LogP contribution in [0.4, 0.5) is 4.39 Å². The van der Waals surface area contributed by atoms with Crippen molar-refractivity contribution >= 4 is 18.3 Å². The second kappa shape index (κ2) is 6.87. The summed E-state index contributed by atoms with van der Waals surface area (Å²) in [5.74, 6) is -0.292. The first-order chi connectivity index (χ1) is 8.61. The molecule has 0 radical (unpaired) electrons. The molecule has 1 saturated carbocycles. The largest absolute Gasteiger partial charge is 0.334 e. The number of carbonyl (C=O) groups excluding carboxylic acids is 1. The van der Waals surface area contributed by atoms with E-state index in [0.717, 1.165) is 18.4 Å². The molecule has 1 amide bonds. The minimum Gasteiger partial charge on any atom is -0.334 e. The van der Waals surface area contributed by atoms with Gasteiger partial charge in [-0.15, -0.1) is 12.4 Å². The Labute approximate surface area is 119 Å². The van der Waals surface area contributed by atoms with Crippen LogP contribution >= 0.6 is 12.4 Å². The predicted molar refractivity (Wildman–Crippen MR) is 75.5 cm³/mol. The summed E-state index contributed by atoms with van der Waals surface area (Å²) in [6.07, 6.45) is 2.68. The van der Waals surface area contributed by atoms with Crippen LogP contribution in [0.3, 0.4) is 0 Å². The molecule has 1 aliphatic rings. The molecule has 1 aliphatic carbocycles. The first kappa shape index (κ1) is 15.9. The second-order valence-corrected chi connectivity index (χ2v) is 4.84. The Morgan fingerprint density at radius 3 is 2.74 bits per heavy atom. The number of nitrogens with zero attached hydrogens (tertiary/aromatic N) is 1. The van der Waals surface area contributed by atoms with E-state index in [1.54, 1.807) is 11.0 Å². The van der Waals surface area contributed by atoms with Gasteiger partial charge in [-0.25, -0.2) is 4.39 Å². The molecule has 2 rings (SSSR count). The van der Waals surface area contributed by atoms with Gasteiger partial charge >= 0.3 is 0 Å². The molecule has 2 N–H and O–H groups in total. The van der Waals surface area contributed by atoms with Crippen LogP contribution in [0.1, 0.15) is 31.7 Å². The van der Waals surface area contributed by atoms with E-state index < -0.39 is 6.04 Å². The van der Waals surface area contributed by atoms with Crippen LogP contribution in [0.5, 0.6) is 0 Å². The average Bonchev–Trinajstić information content (AvgIpc) is 3.18. The van der Waals surface area contributed by atoms with Crippen LogP contribution in [-0.4, -0.2) is 22.9 Å². The molecule has 106 valence electrons. The van der Waals surface area contributed by atoms with Crippen LogP contribution in [0.15, 0.2) is 24.3 Å². The molecule has 0 unspecified atom stereocenters. The molecule has 0 saturated heterocycles. The van der Waals surface area contributed by atoms with E-state index in [4.69, 9.17) is 5.73 Å². The van der Waals surface area contributed by atoms with Gasteiger partial charge in [0.15, 0.2) is 0 Å². The van der Waals surface area contributed by atoms with Gasteiger partial charge in [0.2, 0.25) is 5.91 Å². The number of amides is 1. The van der Waals surface area contributed by atoms with Gasteiger partial charge in [0.05, 0.1) is 6.04 Å². The maximum Gasteiger partial charge on any atom is 0.240 e. The van der Waals surface area contributed by atoms with Crippen molar-refractivity contribution in [2.45, 2.75) is 44.8 Å². The van der Waals surface area contributed by atoms with E-state index in [1.165, 1.54) is 12.1 Å². The number of halogens is 2. The highest BCUT2D eigenvalue weighted by molar-refractivity contribution is 5.85. The van der Waals surface area contributed by atoms with E-state index in [2.05, 4.69) is 0 Å². The monoisotopic (exact) mass is 286 g/mol. The smallest absolute Gasteiger partial charge is 0.240 e. The van der Waals surface area contributed by atoms with Crippen molar-refractivity contribution in [1.82, 2.24) is 4.90 Å². The van der Waals surface area contributed by atoms with Gasteiger partial charge < -0.3 is 10.6 Å². The van der Waals surface area contributed by atoms with E-state index >= 15 is 0 Å². The highest BCUT2D eigenvalue weighted by atomic mass is 35.5. The third-order valence-corrected chi connectivity index (χ3v) is 3.27. The summed E-state index contributed by atoms with van der Waals surface area (Å²) >= 11 is 0. The molecule has 1 atom stereocenters. The quantitative estimate of drug-likeness (QED) is 0.904. The maximum atomic E-state index is 13.1. The van der Waals surface area contributed by atoms with Crippen molar-refractivity contribution in [1.29, 1.82) is 0 Å². The van der Waals surface area contributed by atoms with E-state index in [-0.39, 0.29) is 24.1 Å². The Morgan fingerprint density at radius 2 is 2.21 bits per heavy atom. The van der Waals surface area contributed by atoms with Gasteiger partial charge in [0.1, 0.15) is 5.82 Å². The summed E-state index contributed by atoms with van der Waals surface area (Å²) < 4.78 is 13.1. The number of carbonyl (C=O) groups is 1. The predicted octanol–water partition coefficient (Wildman–Crippen LogP) is 2.48. The van der Waals surface area contributed by atoms with Gasteiger partial charge in [0.25, 0.3) is 0 Å². The van der Waals surface area contributed by atoms with Gasteiger partial charge in [-0.05, 0) is 37.0 Å². The third kappa shape index (κ3) is 4.18. The molecular formula is C14H20ClFN2O. The van der Waals surface area contributed by atoms with Gasteiger partial charge in [-0.2, -0.15) is 0 Å². The van der Waals surface area contributed by atoms with Crippen LogP contribution in [0.2, 0.25) is 0 Å². The zero-order valence-corrected chi connectivity index (χ0v) is 11.8. The van der Waals surface area contributed by atoms with Gasteiger partial charge in [0, 0.05) is 12.6 Å². The SMILES string of the molecule is CC[C@H](N)C(=O)N(Cc1cccc(F)c1)C1CC1.Cl. The average molecular weight is 287 g/mol. The first-order valence-corrected chi connectivity index (χ1v) is 6.42. The standard InChI is InChI=1S/C14H19FN2O.ClH/c1-2-13(16)14(18)17(12-6-7-12)9-10-4-3-5-11(15)8-10;/h3-5,8,12-13H,2,6-7,9,16H2,1H3;1H/t13-;/m0./s1. The molecule has 0 bridgehead atoms. The first-order valence-electron chi connectivity index (χ1n) is 6.42. The van der Waals surface area contributed by atoms with Crippen molar-refractivity contribution in [3.8, 4) is 0 Å². The van der Waals surface area contributed by atoms with Crippen LogP contribution < -0.4 is 5.73 Å². The molecule has 1 aromatic carbocycles. The Hall–Kier alpha value is -1.13. The molecule has 0 heterocycles. The molecule has 5 heteroatoms. The Bertz CT molecular complexity index is 437. The lowest BCUT2D eigenvalue weighted by Gasteiger charge is -2.25. The summed E-state index contributed by atoms with van der Waals surface area (Å²) in [6, 6.07) is 6.23. The van der Waals surface area contributed by atoms with Gasteiger partial charge in [-0.1, -0.05) is 19.1 Å². The summed E-state index contributed by atoms with van der Waals surface area (Å²) in [5.41, 5.74) is 6.62.